The maximum Gasteiger partial charge on any atom is 0.181 e. The molecule has 0 aliphatic heterocycles. The SMILES string of the molecule is CC(C)C(C)c1nccn1CCCS(=O)(=O)c1ccc(F)cc1F. The highest BCUT2D eigenvalue weighted by Gasteiger charge is 2.20. The Kier molecular flexibility index (Phi) is 5.74. The van der Waals surface area contributed by atoms with Gasteiger partial charge >= 0.3 is 0 Å². The van der Waals surface area contributed by atoms with Crippen LogP contribution in [0.2, 0.25) is 0 Å². The van der Waals surface area contributed by atoms with Crippen molar-refractivity contribution in [2.75, 3.05) is 5.75 Å². The van der Waals surface area contributed by atoms with Gasteiger partial charge in [0.1, 0.15) is 22.4 Å². The predicted molar refractivity (Wildman–Crippen MR) is 88.5 cm³/mol. The lowest BCUT2D eigenvalue weighted by atomic mass is 9.97. The van der Waals surface area contributed by atoms with E-state index in [0.717, 1.165) is 18.0 Å². The molecule has 0 N–H and O–H groups in total. The van der Waals surface area contributed by atoms with E-state index in [1.165, 1.54) is 0 Å². The highest BCUT2D eigenvalue weighted by atomic mass is 32.2. The molecule has 0 spiro atoms. The third kappa shape index (κ3) is 4.20. The van der Waals surface area contributed by atoms with Gasteiger partial charge in [-0.2, -0.15) is 0 Å². The molecule has 0 aliphatic carbocycles. The molecule has 0 saturated heterocycles. The average molecular weight is 356 g/mol. The van der Waals surface area contributed by atoms with E-state index in [1.807, 2.05) is 10.8 Å². The summed E-state index contributed by atoms with van der Waals surface area (Å²) in [7, 11) is -3.79. The van der Waals surface area contributed by atoms with Gasteiger partial charge in [0.25, 0.3) is 0 Å². The number of aryl methyl sites for hydroxylation is 1. The van der Waals surface area contributed by atoms with Crippen LogP contribution in [0.1, 0.15) is 38.9 Å². The summed E-state index contributed by atoms with van der Waals surface area (Å²) in [4.78, 5) is 3.89. The summed E-state index contributed by atoms with van der Waals surface area (Å²) in [6.45, 7) is 6.76. The normalized spacial score (nSPS) is 13.4. The Labute approximate surface area is 141 Å². The number of benzene rings is 1. The molecular weight excluding hydrogens is 334 g/mol. The molecule has 0 radical (unpaired) electrons. The van der Waals surface area contributed by atoms with Crippen LogP contribution in [0.5, 0.6) is 0 Å². The number of nitrogens with zero attached hydrogens (tertiary/aromatic N) is 2. The van der Waals surface area contributed by atoms with E-state index in [2.05, 4.69) is 25.8 Å². The van der Waals surface area contributed by atoms with Crippen molar-refractivity contribution in [3.05, 3.63) is 48.1 Å². The minimum atomic E-state index is -3.79. The smallest absolute Gasteiger partial charge is 0.181 e. The van der Waals surface area contributed by atoms with Gasteiger partial charge in [0.05, 0.1) is 5.75 Å². The van der Waals surface area contributed by atoms with Crippen LogP contribution >= 0.6 is 0 Å². The number of rotatable bonds is 7. The van der Waals surface area contributed by atoms with Gasteiger partial charge in [-0.05, 0) is 24.5 Å². The Hall–Kier alpha value is -1.76. The Bertz CT molecular complexity index is 801. The number of sulfone groups is 1. The Morgan fingerprint density at radius 2 is 1.92 bits per heavy atom. The summed E-state index contributed by atoms with van der Waals surface area (Å²) in [5.41, 5.74) is 0. The van der Waals surface area contributed by atoms with Crippen LogP contribution in [0.4, 0.5) is 8.78 Å². The van der Waals surface area contributed by atoms with Crippen molar-refractivity contribution in [2.45, 2.75) is 44.6 Å². The minimum Gasteiger partial charge on any atom is -0.335 e. The molecule has 7 heteroatoms. The maximum absolute atomic E-state index is 13.7. The number of hydrogen-bond donors (Lipinski definition) is 0. The van der Waals surface area contributed by atoms with E-state index in [9.17, 15) is 17.2 Å². The zero-order valence-corrected chi connectivity index (χ0v) is 14.9. The van der Waals surface area contributed by atoms with E-state index in [1.54, 1.807) is 6.20 Å². The molecule has 1 aromatic carbocycles. The molecule has 1 heterocycles. The van der Waals surface area contributed by atoms with Crippen LogP contribution in [-0.2, 0) is 16.4 Å². The second kappa shape index (κ2) is 7.42. The predicted octanol–water partition coefficient (Wildman–Crippen LogP) is 3.78. The van der Waals surface area contributed by atoms with Crippen molar-refractivity contribution >= 4 is 9.84 Å². The van der Waals surface area contributed by atoms with Gasteiger partial charge in [0.15, 0.2) is 9.84 Å². The van der Waals surface area contributed by atoms with Gasteiger partial charge in [-0.25, -0.2) is 22.2 Å². The van der Waals surface area contributed by atoms with Crippen molar-refractivity contribution in [1.29, 1.82) is 0 Å². The molecule has 0 fully saturated rings. The topological polar surface area (TPSA) is 52.0 Å². The Balaban J connectivity index is 2.05. The lowest BCUT2D eigenvalue weighted by Gasteiger charge is -2.17. The maximum atomic E-state index is 13.7. The molecule has 0 aliphatic rings. The molecule has 1 aromatic heterocycles. The third-order valence-electron chi connectivity index (χ3n) is 4.20. The number of halogens is 2. The van der Waals surface area contributed by atoms with Gasteiger partial charge in [-0.3, -0.25) is 0 Å². The van der Waals surface area contributed by atoms with Crippen LogP contribution in [-0.4, -0.2) is 23.7 Å². The summed E-state index contributed by atoms with van der Waals surface area (Å²) < 4.78 is 53.0. The summed E-state index contributed by atoms with van der Waals surface area (Å²) in [5, 5.41) is 0. The minimum absolute atomic E-state index is 0.205. The molecule has 0 saturated carbocycles. The molecule has 24 heavy (non-hydrogen) atoms. The fourth-order valence-corrected chi connectivity index (χ4v) is 3.83. The molecule has 4 nitrogen and oxygen atoms in total. The Morgan fingerprint density at radius 3 is 2.54 bits per heavy atom. The van der Waals surface area contributed by atoms with Gasteiger partial charge in [0, 0.05) is 30.9 Å². The zero-order chi connectivity index (χ0) is 17.9. The van der Waals surface area contributed by atoms with E-state index >= 15 is 0 Å². The highest BCUT2D eigenvalue weighted by Crippen LogP contribution is 2.23. The molecule has 1 unspecified atom stereocenters. The third-order valence-corrected chi connectivity index (χ3v) is 6.02. The molecule has 2 aromatic rings. The van der Waals surface area contributed by atoms with Crippen molar-refractivity contribution in [3.8, 4) is 0 Å². The lowest BCUT2D eigenvalue weighted by Crippen LogP contribution is -2.14. The summed E-state index contributed by atoms with van der Waals surface area (Å²) in [6.07, 6.45) is 3.84. The van der Waals surface area contributed by atoms with Crippen molar-refractivity contribution < 1.29 is 17.2 Å². The van der Waals surface area contributed by atoms with E-state index in [-0.39, 0.29) is 11.7 Å². The molecule has 1 atom stereocenters. The first-order valence-corrected chi connectivity index (χ1v) is 9.56. The fraction of sp³-hybridized carbons (Fsp3) is 0.471. The standard InChI is InChI=1S/C17H22F2N2O2S/c1-12(2)13(3)17-20-7-9-21(17)8-4-10-24(22,23)16-6-5-14(18)11-15(16)19/h5-7,9,11-13H,4,8,10H2,1-3H3. The first-order chi connectivity index (χ1) is 11.2. The molecular formula is C17H22F2N2O2S. The molecule has 2 rings (SSSR count). The molecule has 0 bridgehead atoms. The summed E-state index contributed by atoms with van der Waals surface area (Å²) in [6, 6.07) is 2.52. The van der Waals surface area contributed by atoms with Crippen LogP contribution in [0.15, 0.2) is 35.5 Å². The van der Waals surface area contributed by atoms with Gasteiger partial charge in [0.2, 0.25) is 0 Å². The van der Waals surface area contributed by atoms with Crippen LogP contribution in [0.3, 0.4) is 0 Å². The summed E-state index contributed by atoms with van der Waals surface area (Å²) in [5.74, 6) is -0.461. The van der Waals surface area contributed by atoms with Crippen molar-refractivity contribution in [3.63, 3.8) is 0 Å². The summed E-state index contributed by atoms with van der Waals surface area (Å²) >= 11 is 0. The zero-order valence-electron chi connectivity index (χ0n) is 14.0. The number of imidazole rings is 1. The second-order valence-electron chi connectivity index (χ2n) is 6.26. The quantitative estimate of drug-likeness (QED) is 0.710. The first kappa shape index (κ1) is 18.6. The number of hydrogen-bond acceptors (Lipinski definition) is 3. The number of aromatic nitrogens is 2. The molecule has 132 valence electrons. The average Bonchev–Trinajstić information content (AvgIpc) is 2.94. The van der Waals surface area contributed by atoms with Crippen LogP contribution in [0.25, 0.3) is 0 Å². The van der Waals surface area contributed by atoms with E-state index in [0.29, 0.717) is 24.9 Å². The van der Waals surface area contributed by atoms with Gasteiger partial charge in [-0.1, -0.05) is 20.8 Å². The first-order valence-electron chi connectivity index (χ1n) is 7.91. The monoisotopic (exact) mass is 356 g/mol. The second-order valence-corrected chi connectivity index (χ2v) is 8.34. The van der Waals surface area contributed by atoms with Gasteiger partial charge in [-0.15, -0.1) is 0 Å². The lowest BCUT2D eigenvalue weighted by molar-refractivity contribution is 0.480. The van der Waals surface area contributed by atoms with E-state index < -0.39 is 26.4 Å². The van der Waals surface area contributed by atoms with Crippen molar-refractivity contribution in [1.82, 2.24) is 9.55 Å². The van der Waals surface area contributed by atoms with Crippen LogP contribution < -0.4 is 0 Å². The Morgan fingerprint density at radius 1 is 1.21 bits per heavy atom. The highest BCUT2D eigenvalue weighted by molar-refractivity contribution is 7.91. The molecule has 0 amide bonds. The van der Waals surface area contributed by atoms with Crippen LogP contribution in [0, 0.1) is 17.6 Å². The fourth-order valence-electron chi connectivity index (χ4n) is 2.47. The van der Waals surface area contributed by atoms with Crippen molar-refractivity contribution in [2.24, 2.45) is 5.92 Å². The largest absolute Gasteiger partial charge is 0.335 e. The van der Waals surface area contributed by atoms with E-state index in [4.69, 9.17) is 0 Å². The van der Waals surface area contributed by atoms with Gasteiger partial charge < -0.3 is 4.57 Å².